The highest BCUT2D eigenvalue weighted by Crippen LogP contribution is 2.13. The lowest BCUT2D eigenvalue weighted by Gasteiger charge is -2.09. The molecule has 0 rings (SSSR count). The van der Waals surface area contributed by atoms with Crippen LogP contribution in [0.3, 0.4) is 0 Å². The van der Waals surface area contributed by atoms with Gasteiger partial charge in [0.25, 0.3) is 0 Å². The van der Waals surface area contributed by atoms with Crippen LogP contribution in [0.4, 0.5) is 0 Å². The molecule has 0 saturated heterocycles. The molecule has 0 bridgehead atoms. The van der Waals surface area contributed by atoms with E-state index in [1.165, 1.54) is 6.92 Å². The number of carbonyl (C=O) groups is 1. The third kappa shape index (κ3) is 2.65. The van der Waals surface area contributed by atoms with Crippen molar-refractivity contribution in [1.29, 1.82) is 0 Å². The number of aldehydes is 1. The van der Waals surface area contributed by atoms with Gasteiger partial charge in [0.2, 0.25) is 0 Å². The lowest BCUT2D eigenvalue weighted by atomic mass is 10.5. The Bertz CT molecular complexity index is 70.1. The average molecular weight is 120 g/mol. The minimum absolute atomic E-state index is 0.512. The second-order valence-corrected chi connectivity index (χ2v) is 2.61. The quantitative estimate of drug-likeness (QED) is 0.419. The van der Waals surface area contributed by atoms with Gasteiger partial charge in [0.1, 0.15) is 0 Å². The summed E-state index contributed by atoms with van der Waals surface area (Å²) in [6.07, 6.45) is 2.19. The van der Waals surface area contributed by atoms with E-state index in [0.717, 1.165) is 11.8 Å². The molecule has 1 atom stereocenters. The molecule has 0 spiro atoms. The van der Waals surface area contributed by atoms with Crippen LogP contribution in [0.2, 0.25) is 0 Å². The van der Waals surface area contributed by atoms with Crippen LogP contribution < -0.4 is 0 Å². The number of carbonyl (C=O) groups excluding carboxylic acids is 1. The molecular weight excluding hydrogens is 112 g/mol. The first-order chi connectivity index (χ1) is 3.12. The predicted molar refractivity (Wildman–Crippen MR) is 30.2 cm³/mol. The molecule has 0 aromatic carbocycles. The van der Waals surface area contributed by atoms with E-state index in [0.29, 0.717) is 6.29 Å². The maximum Gasteiger partial charge on any atom is 0.162 e. The Morgan fingerprint density at radius 1 is 1.86 bits per heavy atom. The molecule has 0 saturated carbocycles. The van der Waals surface area contributed by atoms with Gasteiger partial charge in [-0.3, -0.25) is 4.79 Å². The molecule has 0 aliphatic carbocycles. The van der Waals surface area contributed by atoms with Crippen LogP contribution >= 0.6 is 11.8 Å². The smallest absolute Gasteiger partial charge is 0.162 e. The molecule has 42 valence electrons. The summed E-state index contributed by atoms with van der Waals surface area (Å²) in [6.45, 7) is 1.45. The largest absolute Gasteiger partial charge is 0.373 e. The highest BCUT2D eigenvalue weighted by atomic mass is 32.2. The van der Waals surface area contributed by atoms with Crippen LogP contribution in [-0.2, 0) is 4.79 Å². The molecule has 0 aromatic rings. The number of rotatable bonds is 2. The van der Waals surface area contributed by atoms with Gasteiger partial charge in [-0.05, 0) is 13.2 Å². The van der Waals surface area contributed by atoms with E-state index in [2.05, 4.69) is 0 Å². The van der Waals surface area contributed by atoms with Gasteiger partial charge in [-0.15, -0.1) is 11.8 Å². The third-order valence-electron chi connectivity index (χ3n) is 0.632. The Morgan fingerprint density at radius 2 is 2.29 bits per heavy atom. The minimum atomic E-state index is -1.18. The molecule has 0 aliphatic rings. The van der Waals surface area contributed by atoms with Crippen LogP contribution in [0.5, 0.6) is 0 Å². The lowest BCUT2D eigenvalue weighted by Crippen LogP contribution is -2.19. The first-order valence-electron chi connectivity index (χ1n) is 1.86. The maximum absolute atomic E-state index is 9.79. The van der Waals surface area contributed by atoms with E-state index >= 15 is 0 Å². The Balaban J connectivity index is 3.58. The van der Waals surface area contributed by atoms with Crippen molar-refractivity contribution in [2.75, 3.05) is 6.26 Å². The topological polar surface area (TPSA) is 37.3 Å². The van der Waals surface area contributed by atoms with Crippen LogP contribution in [0.25, 0.3) is 0 Å². The van der Waals surface area contributed by atoms with E-state index in [-0.39, 0.29) is 0 Å². The number of hydrogen-bond acceptors (Lipinski definition) is 3. The highest BCUT2D eigenvalue weighted by Gasteiger charge is 2.14. The normalized spacial score (nSPS) is 18.1. The highest BCUT2D eigenvalue weighted by molar-refractivity contribution is 8.00. The molecule has 3 heteroatoms. The number of aliphatic hydroxyl groups is 1. The Labute approximate surface area is 46.9 Å². The zero-order valence-corrected chi connectivity index (χ0v) is 5.16. The van der Waals surface area contributed by atoms with Crippen LogP contribution in [0.15, 0.2) is 0 Å². The van der Waals surface area contributed by atoms with Crippen molar-refractivity contribution in [2.45, 2.75) is 11.9 Å². The maximum atomic E-state index is 9.79. The van der Waals surface area contributed by atoms with E-state index in [1.807, 2.05) is 0 Å². The zero-order chi connectivity index (χ0) is 5.91. The fraction of sp³-hybridized carbons (Fsp3) is 0.750. The summed E-state index contributed by atoms with van der Waals surface area (Å²) in [5, 5.41) is 8.73. The zero-order valence-electron chi connectivity index (χ0n) is 4.34. The second kappa shape index (κ2) is 2.33. The standard InChI is InChI=1S/C4H8O2S/c1-4(6,3-5)7-2/h3,6H,1-2H3. The lowest BCUT2D eigenvalue weighted by molar-refractivity contribution is -0.115. The van der Waals surface area contributed by atoms with E-state index in [4.69, 9.17) is 5.11 Å². The van der Waals surface area contributed by atoms with Gasteiger partial charge in [0.15, 0.2) is 11.2 Å². The molecule has 1 N–H and O–H groups in total. The average Bonchev–Trinajstić information content (AvgIpc) is 1.68. The minimum Gasteiger partial charge on any atom is -0.373 e. The SMILES string of the molecule is CSC(C)(O)C=O. The summed E-state index contributed by atoms with van der Waals surface area (Å²) >= 11 is 1.11. The van der Waals surface area contributed by atoms with Gasteiger partial charge in [0.05, 0.1) is 0 Å². The van der Waals surface area contributed by atoms with Gasteiger partial charge >= 0.3 is 0 Å². The van der Waals surface area contributed by atoms with E-state index < -0.39 is 4.93 Å². The van der Waals surface area contributed by atoms with Crippen LogP contribution in [0, 0.1) is 0 Å². The van der Waals surface area contributed by atoms with Crippen molar-refractivity contribution in [1.82, 2.24) is 0 Å². The van der Waals surface area contributed by atoms with E-state index in [9.17, 15) is 4.79 Å². The molecule has 1 unspecified atom stereocenters. The molecule has 0 aromatic heterocycles. The van der Waals surface area contributed by atoms with Crippen LogP contribution in [0.1, 0.15) is 6.92 Å². The Hall–Kier alpha value is -0.0200. The fourth-order valence-electron chi connectivity index (χ4n) is 0.0481. The Morgan fingerprint density at radius 3 is 2.29 bits per heavy atom. The summed E-state index contributed by atoms with van der Waals surface area (Å²) in [5.41, 5.74) is 0. The summed E-state index contributed by atoms with van der Waals surface area (Å²) in [4.78, 5) is 8.61. The van der Waals surface area contributed by atoms with Crippen molar-refractivity contribution in [3.63, 3.8) is 0 Å². The summed E-state index contributed by atoms with van der Waals surface area (Å²) in [5.74, 6) is 0. The molecular formula is C4H8O2S. The van der Waals surface area contributed by atoms with Crippen LogP contribution in [-0.4, -0.2) is 22.6 Å². The molecule has 0 amide bonds. The van der Waals surface area contributed by atoms with Gasteiger partial charge in [-0.25, -0.2) is 0 Å². The fourth-order valence-corrected chi connectivity index (χ4v) is 0.144. The van der Waals surface area contributed by atoms with Crippen molar-refractivity contribution >= 4 is 18.0 Å². The van der Waals surface area contributed by atoms with Crippen molar-refractivity contribution in [3.8, 4) is 0 Å². The Kier molecular flexibility index (Phi) is 2.32. The van der Waals surface area contributed by atoms with Crippen molar-refractivity contribution in [3.05, 3.63) is 0 Å². The molecule has 0 heterocycles. The van der Waals surface area contributed by atoms with E-state index in [1.54, 1.807) is 6.26 Å². The monoisotopic (exact) mass is 120 g/mol. The summed E-state index contributed by atoms with van der Waals surface area (Å²) in [6, 6.07) is 0. The molecule has 2 nitrogen and oxygen atoms in total. The molecule has 0 radical (unpaired) electrons. The van der Waals surface area contributed by atoms with Gasteiger partial charge in [-0.1, -0.05) is 0 Å². The molecule has 0 aliphatic heterocycles. The summed E-state index contributed by atoms with van der Waals surface area (Å²) in [7, 11) is 0. The first kappa shape index (κ1) is 6.98. The second-order valence-electron chi connectivity index (χ2n) is 1.38. The van der Waals surface area contributed by atoms with Gasteiger partial charge in [0, 0.05) is 0 Å². The third-order valence-corrected chi connectivity index (χ3v) is 1.55. The van der Waals surface area contributed by atoms with Crippen molar-refractivity contribution in [2.24, 2.45) is 0 Å². The molecule has 0 fully saturated rings. The predicted octanol–water partition coefficient (Wildman–Crippen LogP) is 0.257. The first-order valence-corrected chi connectivity index (χ1v) is 3.09. The van der Waals surface area contributed by atoms with Gasteiger partial charge in [-0.2, -0.15) is 0 Å². The van der Waals surface area contributed by atoms with Gasteiger partial charge < -0.3 is 5.11 Å². The number of hydrogen-bond donors (Lipinski definition) is 1. The summed E-state index contributed by atoms with van der Waals surface area (Å²) < 4.78 is 0. The van der Waals surface area contributed by atoms with Crippen molar-refractivity contribution < 1.29 is 9.90 Å². The number of thioether (sulfide) groups is 1. The molecule has 7 heavy (non-hydrogen) atoms.